The van der Waals surface area contributed by atoms with Gasteiger partial charge in [0.15, 0.2) is 0 Å². The highest BCUT2D eigenvalue weighted by molar-refractivity contribution is 5.84. The first-order valence-corrected chi connectivity index (χ1v) is 5.45. The smallest absolute Gasteiger partial charge is 0.251 e. The Morgan fingerprint density at radius 1 is 1.56 bits per heavy atom. The van der Waals surface area contributed by atoms with Gasteiger partial charge in [-0.05, 0) is 31.7 Å². The van der Waals surface area contributed by atoms with Crippen LogP contribution in [-0.4, -0.2) is 31.7 Å². The van der Waals surface area contributed by atoms with E-state index in [4.69, 9.17) is 10.3 Å². The molecule has 1 amide bonds. The second-order valence-corrected chi connectivity index (χ2v) is 3.71. The van der Waals surface area contributed by atoms with Crippen molar-refractivity contribution >= 4 is 5.91 Å². The van der Waals surface area contributed by atoms with Crippen molar-refractivity contribution in [3.63, 3.8) is 0 Å². The van der Waals surface area contributed by atoms with Crippen molar-refractivity contribution in [3.8, 4) is 0 Å². The number of hydrogen-bond acceptors (Lipinski definition) is 3. The van der Waals surface area contributed by atoms with Gasteiger partial charge in [-0.15, -0.1) is 0 Å². The molecule has 0 aromatic carbocycles. The minimum atomic E-state index is -0.745. The monoisotopic (exact) mass is 228 g/mol. The number of hydrogen-bond donors (Lipinski definition) is 1. The summed E-state index contributed by atoms with van der Waals surface area (Å²) in [5.74, 6) is -0.0960. The summed E-state index contributed by atoms with van der Waals surface area (Å²) in [4.78, 5) is 14.3. The van der Waals surface area contributed by atoms with Gasteiger partial charge in [-0.1, -0.05) is 12.0 Å². The molecule has 0 bridgehead atoms. The van der Waals surface area contributed by atoms with Crippen LogP contribution in [0.4, 0.5) is 0 Å². The Morgan fingerprint density at radius 3 is 2.75 bits per heavy atom. The Bertz CT molecular complexity index is 258. The van der Waals surface area contributed by atoms with Crippen molar-refractivity contribution < 1.29 is 9.53 Å². The molecule has 0 radical (unpaired) electrons. The van der Waals surface area contributed by atoms with Crippen LogP contribution in [0.5, 0.6) is 0 Å². The Morgan fingerprint density at radius 2 is 2.25 bits per heavy atom. The van der Waals surface area contributed by atoms with E-state index < -0.39 is 5.60 Å². The summed E-state index contributed by atoms with van der Waals surface area (Å²) in [5, 5.41) is 6.22. The molecule has 92 valence electrons. The van der Waals surface area contributed by atoms with Crippen molar-refractivity contribution in [1.29, 1.82) is 0 Å². The van der Waals surface area contributed by atoms with Gasteiger partial charge in [-0.2, -0.15) is 0 Å². The van der Waals surface area contributed by atoms with Crippen molar-refractivity contribution in [2.24, 2.45) is 5.11 Å². The van der Waals surface area contributed by atoms with Crippen LogP contribution in [0.15, 0.2) is 5.11 Å². The largest absolute Gasteiger partial charge is 0.369 e. The average molecular weight is 228 g/mol. The van der Waals surface area contributed by atoms with Crippen LogP contribution in [0.2, 0.25) is 0 Å². The third-order valence-corrected chi connectivity index (χ3v) is 2.64. The summed E-state index contributed by atoms with van der Waals surface area (Å²) >= 11 is 0. The molecule has 16 heavy (non-hydrogen) atoms. The fourth-order valence-corrected chi connectivity index (χ4v) is 1.14. The number of nitrogens with zero attached hydrogens (tertiary/aromatic N) is 3. The van der Waals surface area contributed by atoms with Gasteiger partial charge in [0, 0.05) is 25.1 Å². The van der Waals surface area contributed by atoms with Gasteiger partial charge in [0.2, 0.25) is 0 Å². The first-order valence-electron chi connectivity index (χ1n) is 5.45. The number of methoxy groups -OCH3 is 1. The molecule has 0 spiro atoms. The number of carbonyl (C=O) groups excluding carboxylic acids is 1. The second-order valence-electron chi connectivity index (χ2n) is 3.71. The zero-order valence-corrected chi connectivity index (χ0v) is 10.2. The summed E-state index contributed by atoms with van der Waals surface area (Å²) in [6, 6.07) is 0. The molecule has 0 saturated carbocycles. The van der Waals surface area contributed by atoms with Crippen LogP contribution in [0.3, 0.4) is 0 Å². The van der Waals surface area contributed by atoms with Gasteiger partial charge in [0.1, 0.15) is 5.60 Å². The third-order valence-electron chi connectivity index (χ3n) is 2.64. The Labute approximate surface area is 96.0 Å². The lowest BCUT2D eigenvalue weighted by atomic mass is 10.0. The fraction of sp³-hybridized carbons (Fsp3) is 0.900. The van der Waals surface area contributed by atoms with Crippen molar-refractivity contribution in [1.82, 2.24) is 5.32 Å². The van der Waals surface area contributed by atoms with E-state index in [1.807, 2.05) is 6.92 Å². The first-order chi connectivity index (χ1) is 7.60. The zero-order chi connectivity index (χ0) is 12.4. The summed E-state index contributed by atoms with van der Waals surface area (Å²) in [7, 11) is 1.53. The number of azide groups is 1. The maximum absolute atomic E-state index is 11.7. The summed E-state index contributed by atoms with van der Waals surface area (Å²) < 4.78 is 5.17. The summed E-state index contributed by atoms with van der Waals surface area (Å²) in [6.07, 6.45) is 2.21. The van der Waals surface area contributed by atoms with Crippen molar-refractivity contribution in [3.05, 3.63) is 10.4 Å². The number of rotatable bonds is 8. The van der Waals surface area contributed by atoms with E-state index in [0.29, 0.717) is 19.5 Å². The van der Waals surface area contributed by atoms with Crippen molar-refractivity contribution in [2.45, 2.75) is 38.7 Å². The van der Waals surface area contributed by atoms with Gasteiger partial charge >= 0.3 is 0 Å². The van der Waals surface area contributed by atoms with E-state index in [-0.39, 0.29) is 5.91 Å². The SMILES string of the molecule is CCC(C)(OC)C(=O)NCCCCN=[N+]=[N-]. The van der Waals surface area contributed by atoms with Crippen LogP contribution >= 0.6 is 0 Å². The van der Waals surface area contributed by atoms with Gasteiger partial charge < -0.3 is 10.1 Å². The molecule has 0 fully saturated rings. The molecular formula is C10H20N4O2. The minimum absolute atomic E-state index is 0.0960. The highest BCUT2D eigenvalue weighted by atomic mass is 16.5. The summed E-state index contributed by atoms with van der Waals surface area (Å²) in [5.41, 5.74) is 7.31. The molecule has 6 nitrogen and oxygen atoms in total. The number of ether oxygens (including phenoxy) is 1. The quantitative estimate of drug-likeness (QED) is 0.298. The molecule has 0 aromatic rings. The van der Waals surface area contributed by atoms with Crippen molar-refractivity contribution in [2.75, 3.05) is 20.2 Å². The number of carbonyl (C=O) groups is 1. The molecule has 0 aliphatic rings. The molecule has 0 saturated heterocycles. The Kier molecular flexibility index (Phi) is 7.33. The molecule has 0 aliphatic heterocycles. The molecule has 0 heterocycles. The molecule has 0 rings (SSSR count). The van der Waals surface area contributed by atoms with Gasteiger partial charge in [-0.3, -0.25) is 4.79 Å². The maximum atomic E-state index is 11.7. The van der Waals surface area contributed by atoms with E-state index in [1.165, 1.54) is 7.11 Å². The normalized spacial score (nSPS) is 13.7. The predicted molar refractivity (Wildman–Crippen MR) is 62.0 cm³/mol. The number of unbranched alkanes of at least 4 members (excludes halogenated alkanes) is 1. The van der Waals surface area contributed by atoms with Crippen LogP contribution in [0.1, 0.15) is 33.1 Å². The molecule has 0 aromatic heterocycles. The van der Waals surface area contributed by atoms with E-state index in [2.05, 4.69) is 15.3 Å². The lowest BCUT2D eigenvalue weighted by Gasteiger charge is -2.25. The molecule has 1 atom stereocenters. The van der Waals surface area contributed by atoms with Crippen LogP contribution in [0, 0.1) is 0 Å². The highest BCUT2D eigenvalue weighted by Gasteiger charge is 2.30. The first kappa shape index (κ1) is 14.7. The van der Waals surface area contributed by atoms with E-state index in [9.17, 15) is 4.79 Å². The van der Waals surface area contributed by atoms with Gasteiger partial charge in [-0.25, -0.2) is 0 Å². The summed E-state index contributed by atoms with van der Waals surface area (Å²) in [6.45, 7) is 4.73. The van der Waals surface area contributed by atoms with Gasteiger partial charge in [0.05, 0.1) is 0 Å². The number of amides is 1. The molecule has 6 heteroatoms. The second kappa shape index (κ2) is 7.96. The third kappa shape index (κ3) is 5.00. The standard InChI is InChI=1S/C10H20N4O2/c1-4-10(2,16-3)9(15)12-7-5-6-8-13-14-11/h4-8H2,1-3H3,(H,12,15). The minimum Gasteiger partial charge on any atom is -0.369 e. The lowest BCUT2D eigenvalue weighted by molar-refractivity contribution is -0.141. The topological polar surface area (TPSA) is 87.1 Å². The molecule has 0 aliphatic carbocycles. The zero-order valence-electron chi connectivity index (χ0n) is 10.2. The van der Waals surface area contributed by atoms with Gasteiger partial charge in [0.25, 0.3) is 5.91 Å². The maximum Gasteiger partial charge on any atom is 0.251 e. The predicted octanol–water partition coefficient (Wildman–Crippen LogP) is 2.01. The Balaban J connectivity index is 3.76. The molecular weight excluding hydrogens is 208 g/mol. The molecule has 1 unspecified atom stereocenters. The van der Waals surface area contributed by atoms with Crippen LogP contribution in [-0.2, 0) is 9.53 Å². The van der Waals surface area contributed by atoms with Crippen LogP contribution < -0.4 is 5.32 Å². The van der Waals surface area contributed by atoms with E-state index >= 15 is 0 Å². The van der Waals surface area contributed by atoms with E-state index in [1.54, 1.807) is 6.92 Å². The average Bonchev–Trinajstić information content (AvgIpc) is 2.32. The fourth-order valence-electron chi connectivity index (χ4n) is 1.14. The van der Waals surface area contributed by atoms with Crippen LogP contribution in [0.25, 0.3) is 10.4 Å². The molecule has 1 N–H and O–H groups in total. The lowest BCUT2D eigenvalue weighted by Crippen LogP contribution is -2.45. The Hall–Kier alpha value is -1.26. The highest BCUT2D eigenvalue weighted by Crippen LogP contribution is 2.13. The van der Waals surface area contributed by atoms with E-state index in [0.717, 1.165) is 12.8 Å². The number of nitrogens with one attached hydrogen (secondary N) is 1.